The van der Waals surface area contributed by atoms with Crippen LogP contribution in [0.2, 0.25) is 0 Å². The molecule has 0 bridgehead atoms. The van der Waals surface area contributed by atoms with Crippen LogP contribution in [-0.2, 0) is 9.53 Å². The Morgan fingerprint density at radius 1 is 1.73 bits per heavy atom. The van der Waals surface area contributed by atoms with Gasteiger partial charge in [0, 0.05) is 16.8 Å². The second-order valence-electron chi connectivity index (χ2n) is 2.79. The molecule has 64 valence electrons. The highest BCUT2D eigenvalue weighted by Crippen LogP contribution is 2.39. The average Bonchev–Trinajstić information content (AvgIpc) is 1.86. The van der Waals surface area contributed by atoms with Crippen LogP contribution in [-0.4, -0.2) is 28.2 Å². The van der Waals surface area contributed by atoms with E-state index in [9.17, 15) is 4.79 Å². The van der Waals surface area contributed by atoms with Crippen LogP contribution >= 0.6 is 23.5 Å². The number of rotatable bonds is 2. The van der Waals surface area contributed by atoms with E-state index < -0.39 is 0 Å². The molecule has 0 spiro atoms. The summed E-state index contributed by atoms with van der Waals surface area (Å²) in [6, 6.07) is 0. The average molecular weight is 192 g/mol. The van der Waals surface area contributed by atoms with Crippen molar-refractivity contribution >= 4 is 30.0 Å². The molecule has 0 radical (unpaired) electrons. The van der Waals surface area contributed by atoms with Gasteiger partial charge >= 0.3 is 0 Å². The van der Waals surface area contributed by atoms with Crippen molar-refractivity contribution in [3.63, 3.8) is 0 Å². The highest BCUT2D eigenvalue weighted by molar-refractivity contribution is 8.07. The fraction of sp³-hybridized carbons (Fsp3) is 0.857. The van der Waals surface area contributed by atoms with Crippen LogP contribution in [0, 0.1) is 0 Å². The summed E-state index contributed by atoms with van der Waals surface area (Å²) in [6.45, 7) is 4.67. The van der Waals surface area contributed by atoms with Crippen LogP contribution < -0.4 is 0 Å². The summed E-state index contributed by atoms with van der Waals surface area (Å²) in [6.07, 6.45) is 0. The second-order valence-corrected chi connectivity index (χ2v) is 5.73. The number of thioether (sulfide) groups is 2. The minimum Gasteiger partial charge on any atom is -0.450 e. The van der Waals surface area contributed by atoms with E-state index >= 15 is 0 Å². The van der Waals surface area contributed by atoms with Crippen molar-refractivity contribution in [1.82, 2.24) is 0 Å². The molecule has 0 saturated carbocycles. The second kappa shape index (κ2) is 3.72. The number of hydrogen-bond donors (Lipinski definition) is 0. The molecular formula is C7H12O2S2. The van der Waals surface area contributed by atoms with Crippen LogP contribution in [0.15, 0.2) is 0 Å². The van der Waals surface area contributed by atoms with Crippen molar-refractivity contribution in [2.45, 2.75) is 24.0 Å². The number of hydrogen-bond acceptors (Lipinski definition) is 4. The number of carbonyl (C=O) groups is 1. The standard InChI is InChI=1S/C7H12O2S2/c1-6-3-10-4-7(2,11-6)9-5-8/h5-6H,3-4H2,1-2H3. The highest BCUT2D eigenvalue weighted by Gasteiger charge is 2.32. The summed E-state index contributed by atoms with van der Waals surface area (Å²) in [5.74, 6) is 2.06. The molecule has 1 heterocycles. The summed E-state index contributed by atoms with van der Waals surface area (Å²) in [5, 5.41) is 0.582. The van der Waals surface area contributed by atoms with Gasteiger partial charge in [0.25, 0.3) is 6.47 Å². The van der Waals surface area contributed by atoms with Gasteiger partial charge in [0.05, 0.1) is 0 Å². The molecule has 0 aromatic rings. The van der Waals surface area contributed by atoms with Gasteiger partial charge < -0.3 is 4.74 Å². The van der Waals surface area contributed by atoms with Crippen LogP contribution in [0.25, 0.3) is 0 Å². The van der Waals surface area contributed by atoms with Gasteiger partial charge in [-0.1, -0.05) is 6.92 Å². The predicted molar refractivity (Wildman–Crippen MR) is 49.9 cm³/mol. The maximum Gasteiger partial charge on any atom is 0.294 e. The summed E-state index contributed by atoms with van der Waals surface area (Å²) < 4.78 is 5.00. The van der Waals surface area contributed by atoms with Gasteiger partial charge in [0.15, 0.2) is 4.93 Å². The Kier molecular flexibility index (Phi) is 3.13. The van der Waals surface area contributed by atoms with Gasteiger partial charge in [-0.25, -0.2) is 0 Å². The molecule has 2 nitrogen and oxygen atoms in total. The van der Waals surface area contributed by atoms with Crippen molar-refractivity contribution < 1.29 is 9.53 Å². The maximum absolute atomic E-state index is 10.1. The lowest BCUT2D eigenvalue weighted by Crippen LogP contribution is -2.34. The lowest BCUT2D eigenvalue weighted by molar-refractivity contribution is -0.133. The molecule has 1 rings (SSSR count). The maximum atomic E-state index is 10.1. The molecule has 0 aromatic heterocycles. The zero-order valence-corrected chi connectivity index (χ0v) is 8.33. The smallest absolute Gasteiger partial charge is 0.294 e. The molecule has 0 aliphatic carbocycles. The van der Waals surface area contributed by atoms with Crippen molar-refractivity contribution in [3.05, 3.63) is 0 Å². The molecule has 1 aliphatic heterocycles. The molecule has 11 heavy (non-hydrogen) atoms. The Morgan fingerprint density at radius 3 is 3.00 bits per heavy atom. The Hall–Kier alpha value is 0.170. The van der Waals surface area contributed by atoms with E-state index in [1.165, 1.54) is 0 Å². The fourth-order valence-corrected chi connectivity index (χ4v) is 3.99. The molecule has 4 heteroatoms. The van der Waals surface area contributed by atoms with Crippen molar-refractivity contribution in [1.29, 1.82) is 0 Å². The lowest BCUT2D eigenvalue weighted by Gasteiger charge is -2.33. The first-order valence-electron chi connectivity index (χ1n) is 3.53. The van der Waals surface area contributed by atoms with Crippen LogP contribution in [0.5, 0.6) is 0 Å². The third-order valence-corrected chi connectivity index (χ3v) is 4.66. The van der Waals surface area contributed by atoms with E-state index in [0.717, 1.165) is 11.5 Å². The third kappa shape index (κ3) is 2.60. The van der Waals surface area contributed by atoms with Gasteiger partial charge in [0.2, 0.25) is 0 Å². The Labute approximate surface area is 75.4 Å². The van der Waals surface area contributed by atoms with Gasteiger partial charge in [-0.3, -0.25) is 4.79 Å². The molecule has 1 fully saturated rings. The monoisotopic (exact) mass is 192 g/mol. The van der Waals surface area contributed by atoms with Gasteiger partial charge in [0.1, 0.15) is 0 Å². The zero-order valence-electron chi connectivity index (χ0n) is 6.70. The normalized spacial score (nSPS) is 38.2. The molecule has 0 aromatic carbocycles. The molecule has 2 atom stereocenters. The van der Waals surface area contributed by atoms with E-state index in [4.69, 9.17) is 4.74 Å². The van der Waals surface area contributed by atoms with Crippen LogP contribution in [0.1, 0.15) is 13.8 Å². The minimum absolute atomic E-state index is 0.288. The summed E-state index contributed by atoms with van der Waals surface area (Å²) in [5.41, 5.74) is 0. The Morgan fingerprint density at radius 2 is 2.45 bits per heavy atom. The number of ether oxygens (including phenoxy) is 1. The highest BCUT2D eigenvalue weighted by atomic mass is 32.2. The molecule has 1 aliphatic rings. The molecule has 0 amide bonds. The zero-order chi connectivity index (χ0) is 8.32. The summed E-state index contributed by atoms with van der Waals surface area (Å²) in [4.78, 5) is 9.85. The van der Waals surface area contributed by atoms with Crippen LogP contribution in [0.4, 0.5) is 0 Å². The van der Waals surface area contributed by atoms with Crippen molar-refractivity contribution in [2.24, 2.45) is 0 Å². The predicted octanol–water partition coefficient (Wildman–Crippen LogP) is 1.74. The largest absolute Gasteiger partial charge is 0.450 e. The first kappa shape index (κ1) is 9.26. The van der Waals surface area contributed by atoms with Crippen LogP contribution in [0.3, 0.4) is 0 Å². The van der Waals surface area contributed by atoms with E-state index in [1.54, 1.807) is 11.8 Å². The fourth-order valence-electron chi connectivity index (χ4n) is 1.07. The van der Waals surface area contributed by atoms with Gasteiger partial charge in [-0.2, -0.15) is 11.8 Å². The summed E-state index contributed by atoms with van der Waals surface area (Å²) in [7, 11) is 0. The SMILES string of the molecule is CC1CSCC(C)(OC=O)S1. The van der Waals surface area contributed by atoms with Crippen molar-refractivity contribution in [3.8, 4) is 0 Å². The third-order valence-electron chi connectivity index (χ3n) is 1.46. The molecule has 1 saturated heterocycles. The first-order chi connectivity index (χ1) is 5.16. The van der Waals surface area contributed by atoms with Crippen molar-refractivity contribution in [2.75, 3.05) is 11.5 Å². The van der Waals surface area contributed by atoms with E-state index in [1.807, 2.05) is 18.7 Å². The molecule has 2 unspecified atom stereocenters. The van der Waals surface area contributed by atoms with Gasteiger partial charge in [-0.05, 0) is 6.92 Å². The van der Waals surface area contributed by atoms with E-state index in [0.29, 0.717) is 11.7 Å². The molecular weight excluding hydrogens is 180 g/mol. The topological polar surface area (TPSA) is 26.3 Å². The summed E-state index contributed by atoms with van der Waals surface area (Å²) >= 11 is 3.58. The Bertz CT molecular complexity index is 151. The molecule has 0 N–H and O–H groups in total. The number of carbonyl (C=O) groups excluding carboxylic acids is 1. The van der Waals surface area contributed by atoms with E-state index in [-0.39, 0.29) is 4.93 Å². The van der Waals surface area contributed by atoms with Gasteiger partial charge in [-0.15, -0.1) is 11.8 Å². The first-order valence-corrected chi connectivity index (χ1v) is 5.57. The van der Waals surface area contributed by atoms with E-state index in [2.05, 4.69) is 6.92 Å². The lowest BCUT2D eigenvalue weighted by atomic mass is 10.4. The Balaban J connectivity index is 2.47. The minimum atomic E-state index is -0.288. The quantitative estimate of drug-likeness (QED) is 0.623.